The van der Waals surface area contributed by atoms with Gasteiger partial charge in [0.1, 0.15) is 18.1 Å². The van der Waals surface area contributed by atoms with Gasteiger partial charge >= 0.3 is 0 Å². The van der Waals surface area contributed by atoms with E-state index in [1.165, 1.54) is 0 Å². The van der Waals surface area contributed by atoms with Crippen molar-refractivity contribution >= 4 is 0 Å². The number of rotatable bonds is 4. The molecule has 0 atom stereocenters. The summed E-state index contributed by atoms with van der Waals surface area (Å²) in [5.74, 6) is 1.46. The summed E-state index contributed by atoms with van der Waals surface area (Å²) in [5, 5.41) is 8.32. The molecule has 0 aliphatic rings. The van der Waals surface area contributed by atoms with E-state index in [1.807, 2.05) is 11.5 Å². The van der Waals surface area contributed by atoms with E-state index >= 15 is 0 Å². The second-order valence-corrected chi connectivity index (χ2v) is 2.14. The molecule has 0 unspecified atom stereocenters. The first-order valence-electron chi connectivity index (χ1n) is 3.30. The summed E-state index contributed by atoms with van der Waals surface area (Å²) in [7, 11) is 1.60. The van der Waals surface area contributed by atoms with Gasteiger partial charge in [0.2, 0.25) is 0 Å². The van der Waals surface area contributed by atoms with Crippen molar-refractivity contribution in [2.24, 2.45) is 0 Å². The molecule has 1 heterocycles. The van der Waals surface area contributed by atoms with Gasteiger partial charge in [-0.25, -0.2) is 0 Å². The fraction of sp³-hybridized carbons (Fsp3) is 0.429. The van der Waals surface area contributed by atoms with Crippen LogP contribution in [-0.4, -0.2) is 12.3 Å². The highest BCUT2D eigenvalue weighted by Crippen LogP contribution is 2.07. The lowest BCUT2D eigenvalue weighted by molar-refractivity contribution is 0.143. The predicted octanol–water partition coefficient (Wildman–Crippen LogP) is 0.905. The fourth-order valence-electron chi connectivity index (χ4n) is 0.815. The zero-order chi connectivity index (χ0) is 8.10. The Morgan fingerprint density at radius 1 is 1.55 bits per heavy atom. The second kappa shape index (κ2) is 4.12. The molecule has 0 fully saturated rings. The van der Waals surface area contributed by atoms with Crippen LogP contribution in [0.2, 0.25) is 0 Å². The zero-order valence-electron chi connectivity index (χ0n) is 6.33. The SMILES string of the molecule is COCc1ccc(CNO)o1. The van der Waals surface area contributed by atoms with Crippen LogP contribution in [0.5, 0.6) is 0 Å². The van der Waals surface area contributed by atoms with Crippen LogP contribution in [0.3, 0.4) is 0 Å². The lowest BCUT2D eigenvalue weighted by Crippen LogP contribution is -2.04. The van der Waals surface area contributed by atoms with Crippen molar-refractivity contribution in [3.05, 3.63) is 23.7 Å². The molecule has 0 bridgehead atoms. The molecule has 62 valence electrons. The average molecular weight is 157 g/mol. The van der Waals surface area contributed by atoms with Gasteiger partial charge in [-0.2, -0.15) is 5.48 Å². The van der Waals surface area contributed by atoms with E-state index in [1.54, 1.807) is 13.2 Å². The maximum atomic E-state index is 8.32. The highest BCUT2D eigenvalue weighted by atomic mass is 16.5. The quantitative estimate of drug-likeness (QED) is 0.638. The molecule has 1 aromatic rings. The third-order valence-corrected chi connectivity index (χ3v) is 1.26. The molecule has 0 saturated heterocycles. The largest absolute Gasteiger partial charge is 0.462 e. The number of hydrogen-bond acceptors (Lipinski definition) is 4. The lowest BCUT2D eigenvalue weighted by atomic mass is 10.4. The third-order valence-electron chi connectivity index (χ3n) is 1.26. The standard InChI is InChI=1S/C7H11NO3/c1-10-5-7-3-2-6(11-7)4-8-9/h2-3,8-9H,4-5H2,1H3. The van der Waals surface area contributed by atoms with Gasteiger partial charge in [-0.3, -0.25) is 0 Å². The summed E-state index contributed by atoms with van der Waals surface area (Å²) in [5.41, 5.74) is 2.00. The Bertz CT molecular complexity index is 189. The Kier molecular flexibility index (Phi) is 3.10. The molecule has 0 saturated carbocycles. The van der Waals surface area contributed by atoms with Gasteiger partial charge in [0.05, 0.1) is 6.54 Å². The van der Waals surface area contributed by atoms with Crippen LogP contribution in [-0.2, 0) is 17.9 Å². The van der Waals surface area contributed by atoms with Crippen LogP contribution in [0.25, 0.3) is 0 Å². The summed E-state index contributed by atoms with van der Waals surface area (Å²) >= 11 is 0. The van der Waals surface area contributed by atoms with Crippen LogP contribution >= 0.6 is 0 Å². The minimum Gasteiger partial charge on any atom is -0.462 e. The smallest absolute Gasteiger partial charge is 0.129 e. The summed E-state index contributed by atoms with van der Waals surface area (Å²) in [6, 6.07) is 3.60. The van der Waals surface area contributed by atoms with Gasteiger partial charge in [0.25, 0.3) is 0 Å². The van der Waals surface area contributed by atoms with Crippen molar-refractivity contribution in [3.63, 3.8) is 0 Å². The Balaban J connectivity index is 2.51. The van der Waals surface area contributed by atoms with Crippen molar-refractivity contribution in [2.45, 2.75) is 13.2 Å². The number of hydroxylamine groups is 1. The van der Waals surface area contributed by atoms with E-state index < -0.39 is 0 Å². The topological polar surface area (TPSA) is 54.6 Å². The van der Waals surface area contributed by atoms with E-state index in [0.29, 0.717) is 18.9 Å². The molecular formula is C7H11NO3. The molecule has 4 heteroatoms. The Labute approximate surface area is 64.7 Å². The van der Waals surface area contributed by atoms with E-state index in [0.717, 1.165) is 5.76 Å². The van der Waals surface area contributed by atoms with Crippen LogP contribution in [0.4, 0.5) is 0 Å². The van der Waals surface area contributed by atoms with Gasteiger partial charge in [-0.15, -0.1) is 0 Å². The van der Waals surface area contributed by atoms with Crippen molar-refractivity contribution in [3.8, 4) is 0 Å². The highest BCUT2D eigenvalue weighted by molar-refractivity contribution is 5.05. The van der Waals surface area contributed by atoms with Crippen molar-refractivity contribution in [1.82, 2.24) is 5.48 Å². The van der Waals surface area contributed by atoms with E-state index in [9.17, 15) is 0 Å². The molecule has 0 aliphatic carbocycles. The van der Waals surface area contributed by atoms with E-state index in [4.69, 9.17) is 14.4 Å². The molecule has 2 N–H and O–H groups in total. The summed E-state index contributed by atoms with van der Waals surface area (Å²) in [6.07, 6.45) is 0. The molecular weight excluding hydrogens is 146 g/mol. The summed E-state index contributed by atoms with van der Waals surface area (Å²) in [6.45, 7) is 0.787. The Morgan fingerprint density at radius 3 is 2.91 bits per heavy atom. The third kappa shape index (κ3) is 2.34. The van der Waals surface area contributed by atoms with E-state index in [-0.39, 0.29) is 0 Å². The minimum absolute atomic E-state index is 0.323. The molecule has 4 nitrogen and oxygen atoms in total. The summed E-state index contributed by atoms with van der Waals surface area (Å²) in [4.78, 5) is 0. The van der Waals surface area contributed by atoms with Crippen LogP contribution < -0.4 is 5.48 Å². The summed E-state index contributed by atoms with van der Waals surface area (Å²) < 4.78 is 10.1. The molecule has 0 aromatic carbocycles. The van der Waals surface area contributed by atoms with E-state index in [2.05, 4.69) is 0 Å². The van der Waals surface area contributed by atoms with Gasteiger partial charge in [0.15, 0.2) is 0 Å². The first kappa shape index (κ1) is 8.26. The zero-order valence-corrected chi connectivity index (χ0v) is 6.33. The number of ether oxygens (including phenoxy) is 1. The minimum atomic E-state index is 0.323. The molecule has 0 radical (unpaired) electrons. The van der Waals surface area contributed by atoms with Gasteiger partial charge < -0.3 is 14.4 Å². The monoisotopic (exact) mass is 157 g/mol. The van der Waals surface area contributed by atoms with Crippen LogP contribution in [0.15, 0.2) is 16.5 Å². The highest BCUT2D eigenvalue weighted by Gasteiger charge is 1.99. The van der Waals surface area contributed by atoms with Crippen molar-refractivity contribution in [2.75, 3.05) is 7.11 Å². The van der Waals surface area contributed by atoms with Crippen LogP contribution in [0.1, 0.15) is 11.5 Å². The molecule has 11 heavy (non-hydrogen) atoms. The predicted molar refractivity (Wildman–Crippen MR) is 38.0 cm³/mol. The Hall–Kier alpha value is -0.840. The average Bonchev–Trinajstić information content (AvgIpc) is 2.38. The molecule has 0 spiro atoms. The first-order valence-corrected chi connectivity index (χ1v) is 3.30. The number of furan rings is 1. The molecule has 0 aliphatic heterocycles. The second-order valence-electron chi connectivity index (χ2n) is 2.14. The van der Waals surface area contributed by atoms with Crippen molar-refractivity contribution in [1.29, 1.82) is 0 Å². The number of methoxy groups -OCH3 is 1. The maximum absolute atomic E-state index is 8.32. The molecule has 1 rings (SSSR count). The molecule has 1 aromatic heterocycles. The van der Waals surface area contributed by atoms with Crippen molar-refractivity contribution < 1.29 is 14.4 Å². The number of nitrogens with one attached hydrogen (secondary N) is 1. The van der Waals surface area contributed by atoms with Gasteiger partial charge in [-0.05, 0) is 12.1 Å². The van der Waals surface area contributed by atoms with Gasteiger partial charge in [-0.1, -0.05) is 0 Å². The fourth-order valence-corrected chi connectivity index (χ4v) is 0.815. The van der Waals surface area contributed by atoms with Gasteiger partial charge in [0, 0.05) is 7.11 Å². The Morgan fingerprint density at radius 2 is 2.27 bits per heavy atom. The number of hydrogen-bond donors (Lipinski definition) is 2. The normalized spacial score (nSPS) is 10.4. The first-order chi connectivity index (χ1) is 5.36. The maximum Gasteiger partial charge on any atom is 0.129 e. The lowest BCUT2D eigenvalue weighted by Gasteiger charge is -1.93. The van der Waals surface area contributed by atoms with Crippen LogP contribution in [0, 0.1) is 0 Å². The molecule has 0 amide bonds.